The molecule has 0 aliphatic carbocycles. The Hall–Kier alpha value is -2.34. The molecule has 1 aliphatic heterocycles. The third-order valence-electron chi connectivity index (χ3n) is 5.49. The van der Waals surface area contributed by atoms with Crippen LogP contribution in [0.2, 0.25) is 5.02 Å². The Kier molecular flexibility index (Phi) is 6.35. The summed E-state index contributed by atoms with van der Waals surface area (Å²) < 4.78 is 29.7. The smallest absolute Gasteiger partial charge is 0.286 e. The molecule has 1 aromatic carbocycles. The predicted octanol–water partition coefficient (Wildman–Crippen LogP) is 3.36. The second kappa shape index (κ2) is 8.89. The molecule has 0 spiro atoms. The standard InChI is InChI=1S/C20H23ClN6O3S2/c1-12-17(13(2)26(3)25-12)32(29,30)27-9-5-6-14(11-27)19-23-24-20(31-19)18(28)22-16-8-4-7-15(21)10-16/h4,7-8,10,14H,5-6,9,11H2,1-3H3,(H,22,28)/t14-/m0/s1. The van der Waals surface area contributed by atoms with Crippen molar-refractivity contribution >= 4 is 44.6 Å². The fraction of sp³-hybridized carbons (Fsp3) is 0.400. The number of hydrogen-bond acceptors (Lipinski definition) is 7. The van der Waals surface area contributed by atoms with Crippen molar-refractivity contribution in [2.24, 2.45) is 7.05 Å². The largest absolute Gasteiger partial charge is 0.320 e. The summed E-state index contributed by atoms with van der Waals surface area (Å²) in [6, 6.07) is 6.84. The second-order valence-corrected chi connectivity index (χ2v) is 11.1. The first-order valence-corrected chi connectivity index (χ1v) is 12.7. The average Bonchev–Trinajstić information content (AvgIpc) is 3.33. The molecule has 0 unspecified atom stereocenters. The van der Waals surface area contributed by atoms with Crippen molar-refractivity contribution in [1.29, 1.82) is 0 Å². The van der Waals surface area contributed by atoms with Crippen LogP contribution in [0.1, 0.15) is 45.0 Å². The maximum Gasteiger partial charge on any atom is 0.286 e. The van der Waals surface area contributed by atoms with Gasteiger partial charge in [-0.15, -0.1) is 10.2 Å². The van der Waals surface area contributed by atoms with Crippen molar-refractivity contribution in [1.82, 2.24) is 24.3 Å². The van der Waals surface area contributed by atoms with Crippen molar-refractivity contribution < 1.29 is 13.2 Å². The van der Waals surface area contributed by atoms with Gasteiger partial charge in [0.25, 0.3) is 5.91 Å². The van der Waals surface area contributed by atoms with E-state index in [1.807, 2.05) is 0 Å². The van der Waals surface area contributed by atoms with Crippen LogP contribution >= 0.6 is 22.9 Å². The van der Waals surface area contributed by atoms with E-state index in [4.69, 9.17) is 11.6 Å². The lowest BCUT2D eigenvalue weighted by Gasteiger charge is -2.30. The van der Waals surface area contributed by atoms with Gasteiger partial charge in [-0.05, 0) is 44.9 Å². The van der Waals surface area contributed by atoms with E-state index in [0.717, 1.165) is 6.42 Å². The van der Waals surface area contributed by atoms with Crippen LogP contribution in [0.5, 0.6) is 0 Å². The molecule has 1 atom stereocenters. The minimum Gasteiger partial charge on any atom is -0.320 e. The first-order chi connectivity index (χ1) is 15.2. The molecule has 1 aliphatic rings. The molecule has 12 heteroatoms. The lowest BCUT2D eigenvalue weighted by atomic mass is 10.0. The number of rotatable bonds is 5. The minimum atomic E-state index is -3.68. The van der Waals surface area contributed by atoms with Crippen LogP contribution in [-0.2, 0) is 17.1 Å². The zero-order valence-corrected chi connectivity index (χ0v) is 20.3. The Morgan fingerprint density at radius 3 is 2.75 bits per heavy atom. The van der Waals surface area contributed by atoms with Crippen molar-refractivity contribution in [2.45, 2.75) is 37.5 Å². The van der Waals surface area contributed by atoms with Gasteiger partial charge in [0.05, 0.1) is 11.4 Å². The number of aryl methyl sites for hydroxylation is 2. The highest BCUT2D eigenvalue weighted by molar-refractivity contribution is 7.89. The van der Waals surface area contributed by atoms with Gasteiger partial charge in [-0.3, -0.25) is 9.48 Å². The molecular weight excluding hydrogens is 472 g/mol. The van der Waals surface area contributed by atoms with E-state index >= 15 is 0 Å². The second-order valence-electron chi connectivity index (χ2n) is 7.74. The predicted molar refractivity (Wildman–Crippen MR) is 123 cm³/mol. The van der Waals surface area contributed by atoms with Gasteiger partial charge in [0.15, 0.2) is 0 Å². The Labute approximate surface area is 195 Å². The molecule has 3 heterocycles. The molecular formula is C20H23ClN6O3S2. The van der Waals surface area contributed by atoms with Crippen LogP contribution in [0, 0.1) is 13.8 Å². The van der Waals surface area contributed by atoms with E-state index in [2.05, 4.69) is 20.6 Å². The van der Waals surface area contributed by atoms with E-state index in [1.165, 1.54) is 15.6 Å². The summed E-state index contributed by atoms with van der Waals surface area (Å²) in [6.45, 7) is 4.19. The number of sulfonamides is 1. The number of carbonyl (C=O) groups is 1. The summed E-state index contributed by atoms with van der Waals surface area (Å²) in [4.78, 5) is 12.8. The summed E-state index contributed by atoms with van der Waals surface area (Å²) in [7, 11) is -1.95. The highest BCUT2D eigenvalue weighted by Crippen LogP contribution is 2.33. The van der Waals surface area contributed by atoms with Crippen LogP contribution in [-0.4, -0.2) is 51.7 Å². The van der Waals surface area contributed by atoms with E-state index in [0.29, 0.717) is 46.6 Å². The van der Waals surface area contributed by atoms with Crippen LogP contribution in [0.25, 0.3) is 0 Å². The van der Waals surface area contributed by atoms with Crippen molar-refractivity contribution in [2.75, 3.05) is 18.4 Å². The highest BCUT2D eigenvalue weighted by Gasteiger charge is 2.35. The van der Waals surface area contributed by atoms with Crippen molar-refractivity contribution in [3.05, 3.63) is 50.7 Å². The first-order valence-electron chi connectivity index (χ1n) is 10.1. The Morgan fingerprint density at radius 2 is 2.06 bits per heavy atom. The summed E-state index contributed by atoms with van der Waals surface area (Å²) >= 11 is 7.14. The van der Waals surface area contributed by atoms with Crippen LogP contribution < -0.4 is 5.32 Å². The van der Waals surface area contributed by atoms with Gasteiger partial charge in [0.1, 0.15) is 9.90 Å². The van der Waals surface area contributed by atoms with E-state index in [1.54, 1.807) is 49.8 Å². The molecule has 0 saturated carbocycles. The minimum absolute atomic E-state index is 0.124. The number of halogens is 1. The number of anilines is 1. The van der Waals surface area contributed by atoms with Gasteiger partial charge in [0.2, 0.25) is 15.0 Å². The fourth-order valence-corrected chi connectivity index (χ4v) is 6.84. The molecule has 1 saturated heterocycles. The van der Waals surface area contributed by atoms with Crippen LogP contribution in [0.4, 0.5) is 5.69 Å². The third kappa shape index (κ3) is 4.42. The molecule has 1 fully saturated rings. The van der Waals surface area contributed by atoms with Crippen molar-refractivity contribution in [3.8, 4) is 0 Å². The Morgan fingerprint density at radius 1 is 1.28 bits per heavy atom. The summed E-state index contributed by atoms with van der Waals surface area (Å²) in [5, 5.41) is 16.6. The molecule has 1 N–H and O–H groups in total. The number of carbonyl (C=O) groups excluding carboxylic acids is 1. The Balaban J connectivity index is 1.50. The number of benzene rings is 1. The average molecular weight is 495 g/mol. The summed E-state index contributed by atoms with van der Waals surface area (Å²) in [5.74, 6) is -0.501. The van der Waals surface area contributed by atoms with Crippen LogP contribution in [0.15, 0.2) is 29.2 Å². The molecule has 0 radical (unpaired) electrons. The first kappa shape index (κ1) is 22.8. The molecule has 32 heavy (non-hydrogen) atoms. The number of nitrogens with zero attached hydrogens (tertiary/aromatic N) is 5. The molecule has 1 amide bonds. The third-order valence-corrected chi connectivity index (χ3v) is 8.93. The number of nitrogens with one attached hydrogen (secondary N) is 1. The lowest BCUT2D eigenvalue weighted by molar-refractivity contribution is 0.102. The van der Waals surface area contributed by atoms with E-state index in [-0.39, 0.29) is 21.7 Å². The van der Waals surface area contributed by atoms with Gasteiger partial charge in [-0.2, -0.15) is 9.40 Å². The molecule has 4 rings (SSSR count). The normalized spacial score (nSPS) is 17.4. The zero-order chi connectivity index (χ0) is 23.0. The SMILES string of the molecule is Cc1nn(C)c(C)c1S(=O)(=O)N1CCC[C@H](c2nnc(C(=O)Nc3cccc(Cl)c3)s2)C1. The van der Waals surface area contributed by atoms with Crippen LogP contribution in [0.3, 0.4) is 0 Å². The molecule has 170 valence electrons. The van der Waals surface area contributed by atoms with Gasteiger partial charge < -0.3 is 5.32 Å². The zero-order valence-electron chi connectivity index (χ0n) is 17.9. The van der Waals surface area contributed by atoms with Gasteiger partial charge in [0, 0.05) is 36.8 Å². The monoisotopic (exact) mass is 494 g/mol. The van der Waals surface area contributed by atoms with E-state index in [9.17, 15) is 13.2 Å². The molecule has 2 aromatic heterocycles. The summed E-state index contributed by atoms with van der Waals surface area (Å²) in [6.07, 6.45) is 1.48. The number of hydrogen-bond donors (Lipinski definition) is 1. The fourth-order valence-electron chi connectivity index (χ4n) is 3.86. The lowest BCUT2D eigenvalue weighted by Crippen LogP contribution is -2.39. The number of piperidine rings is 1. The maximum absolute atomic E-state index is 13.3. The van der Waals surface area contributed by atoms with Gasteiger partial charge in [-0.25, -0.2) is 8.42 Å². The quantitative estimate of drug-likeness (QED) is 0.582. The maximum atomic E-state index is 13.3. The summed E-state index contributed by atoms with van der Waals surface area (Å²) in [5.41, 5.74) is 1.67. The highest BCUT2D eigenvalue weighted by atomic mass is 35.5. The molecule has 9 nitrogen and oxygen atoms in total. The molecule has 0 bridgehead atoms. The topological polar surface area (TPSA) is 110 Å². The number of aromatic nitrogens is 4. The molecule has 3 aromatic rings. The Bertz CT molecular complexity index is 1270. The van der Waals surface area contributed by atoms with E-state index < -0.39 is 10.0 Å². The number of amides is 1. The van der Waals surface area contributed by atoms with Gasteiger partial charge in [-0.1, -0.05) is 29.0 Å². The van der Waals surface area contributed by atoms with Gasteiger partial charge >= 0.3 is 0 Å². The van der Waals surface area contributed by atoms with Crippen molar-refractivity contribution in [3.63, 3.8) is 0 Å².